The first kappa shape index (κ1) is 13.6. The zero-order valence-electron chi connectivity index (χ0n) is 9.81. The number of carbonyl (C=O) groups excluding carboxylic acids is 1. The molecule has 0 aliphatic heterocycles. The molecule has 17 heavy (non-hydrogen) atoms. The molecule has 1 aromatic heterocycles. The molecule has 2 N–H and O–H groups in total. The average molecular weight is 243 g/mol. The second-order valence-electron chi connectivity index (χ2n) is 3.42. The molecule has 0 aliphatic carbocycles. The van der Waals surface area contributed by atoms with Gasteiger partial charge in [-0.25, -0.2) is 0 Å². The smallest absolute Gasteiger partial charge is 0.227 e. The molecule has 0 atom stereocenters. The van der Waals surface area contributed by atoms with Gasteiger partial charge in [0.1, 0.15) is 0 Å². The van der Waals surface area contributed by atoms with Gasteiger partial charge < -0.3 is 19.7 Å². The highest BCUT2D eigenvalue weighted by atomic mass is 16.5. The van der Waals surface area contributed by atoms with Crippen molar-refractivity contribution in [3.8, 4) is 0 Å². The summed E-state index contributed by atoms with van der Waals surface area (Å²) in [5, 5.41) is 14.8. The van der Waals surface area contributed by atoms with Gasteiger partial charge >= 0.3 is 0 Å². The zero-order chi connectivity index (χ0) is 12.5. The normalized spacial score (nSPS) is 10.5. The summed E-state index contributed by atoms with van der Waals surface area (Å²) < 4.78 is 9.87. The molecule has 0 aromatic carbocycles. The molecule has 0 bridgehead atoms. The first-order valence-corrected chi connectivity index (χ1v) is 5.47. The van der Waals surface area contributed by atoms with Crippen molar-refractivity contribution in [2.75, 3.05) is 26.4 Å². The topological polar surface area (TPSA) is 97.5 Å². The summed E-state index contributed by atoms with van der Waals surface area (Å²) in [5.74, 6) is 0.945. The van der Waals surface area contributed by atoms with Crippen LogP contribution in [0.25, 0.3) is 0 Å². The van der Waals surface area contributed by atoms with Crippen molar-refractivity contribution in [2.45, 2.75) is 19.8 Å². The second-order valence-corrected chi connectivity index (χ2v) is 3.42. The monoisotopic (exact) mass is 243 g/mol. The highest BCUT2D eigenvalue weighted by Gasteiger charge is 2.06. The van der Waals surface area contributed by atoms with E-state index in [-0.39, 0.29) is 19.1 Å². The lowest BCUT2D eigenvalue weighted by Gasteiger charge is -2.04. The van der Waals surface area contributed by atoms with E-state index in [1.165, 1.54) is 0 Å². The third-order valence-corrected chi connectivity index (χ3v) is 1.94. The molecule has 1 heterocycles. The Morgan fingerprint density at radius 3 is 3.00 bits per heavy atom. The van der Waals surface area contributed by atoms with E-state index in [1.54, 1.807) is 6.92 Å². The number of rotatable bonds is 8. The highest BCUT2D eigenvalue weighted by molar-refractivity contribution is 5.75. The lowest BCUT2D eigenvalue weighted by molar-refractivity contribution is -0.121. The SMILES string of the molecule is Cc1noc(CCC(=O)NCCOCCO)n1. The third-order valence-electron chi connectivity index (χ3n) is 1.94. The fourth-order valence-corrected chi connectivity index (χ4v) is 1.18. The van der Waals surface area contributed by atoms with Gasteiger partial charge in [-0.05, 0) is 6.92 Å². The number of nitrogens with one attached hydrogen (secondary N) is 1. The lowest BCUT2D eigenvalue weighted by Crippen LogP contribution is -2.27. The summed E-state index contributed by atoms with van der Waals surface area (Å²) in [7, 11) is 0. The van der Waals surface area contributed by atoms with E-state index in [2.05, 4.69) is 15.5 Å². The van der Waals surface area contributed by atoms with Gasteiger partial charge in [0.15, 0.2) is 5.82 Å². The Kier molecular flexibility index (Phi) is 6.19. The summed E-state index contributed by atoms with van der Waals surface area (Å²) in [6, 6.07) is 0. The van der Waals surface area contributed by atoms with E-state index in [1.807, 2.05) is 0 Å². The van der Waals surface area contributed by atoms with Gasteiger partial charge in [0.05, 0.1) is 19.8 Å². The predicted molar refractivity (Wildman–Crippen MR) is 58.3 cm³/mol. The van der Waals surface area contributed by atoms with Crippen molar-refractivity contribution in [1.29, 1.82) is 0 Å². The van der Waals surface area contributed by atoms with Gasteiger partial charge in [0.25, 0.3) is 0 Å². The summed E-state index contributed by atoms with van der Waals surface area (Å²) in [4.78, 5) is 15.3. The van der Waals surface area contributed by atoms with Crippen molar-refractivity contribution in [3.63, 3.8) is 0 Å². The molecule has 0 radical (unpaired) electrons. The van der Waals surface area contributed by atoms with Crippen LogP contribution in [0.3, 0.4) is 0 Å². The summed E-state index contributed by atoms with van der Waals surface area (Å²) in [6.07, 6.45) is 0.742. The van der Waals surface area contributed by atoms with Crippen LogP contribution in [0.4, 0.5) is 0 Å². The van der Waals surface area contributed by atoms with Crippen LogP contribution < -0.4 is 5.32 Å². The quantitative estimate of drug-likeness (QED) is 0.594. The van der Waals surface area contributed by atoms with E-state index in [4.69, 9.17) is 14.4 Å². The molecular weight excluding hydrogens is 226 g/mol. The van der Waals surface area contributed by atoms with Crippen molar-refractivity contribution < 1.29 is 19.2 Å². The Balaban J connectivity index is 2.05. The molecule has 7 heteroatoms. The number of hydrogen-bond donors (Lipinski definition) is 2. The summed E-state index contributed by atoms with van der Waals surface area (Å²) in [6.45, 7) is 2.83. The van der Waals surface area contributed by atoms with Gasteiger partial charge in [-0.2, -0.15) is 4.98 Å². The maximum Gasteiger partial charge on any atom is 0.227 e. The van der Waals surface area contributed by atoms with Crippen LogP contribution in [0.15, 0.2) is 4.52 Å². The molecule has 1 aromatic rings. The van der Waals surface area contributed by atoms with Crippen LogP contribution in [0.2, 0.25) is 0 Å². The summed E-state index contributed by atoms with van der Waals surface area (Å²) >= 11 is 0. The number of hydrogen-bond acceptors (Lipinski definition) is 6. The molecule has 7 nitrogen and oxygen atoms in total. The third kappa shape index (κ3) is 5.98. The van der Waals surface area contributed by atoms with Gasteiger partial charge in [-0.3, -0.25) is 4.79 Å². The molecule has 0 unspecified atom stereocenters. The Labute approximate surface area is 99.2 Å². The average Bonchev–Trinajstić information content (AvgIpc) is 2.72. The fourth-order valence-electron chi connectivity index (χ4n) is 1.18. The molecular formula is C10H17N3O4. The molecule has 0 aliphatic rings. The molecule has 1 rings (SSSR count). The van der Waals surface area contributed by atoms with Crippen molar-refractivity contribution >= 4 is 5.91 Å². The van der Waals surface area contributed by atoms with Crippen LogP contribution in [0, 0.1) is 6.92 Å². The molecule has 0 saturated carbocycles. The van der Waals surface area contributed by atoms with Gasteiger partial charge in [0.2, 0.25) is 11.8 Å². The first-order valence-electron chi connectivity index (χ1n) is 5.47. The van der Waals surface area contributed by atoms with E-state index in [0.29, 0.717) is 37.7 Å². The summed E-state index contributed by atoms with van der Waals surface area (Å²) in [5.41, 5.74) is 0. The Hall–Kier alpha value is -1.47. The number of amides is 1. The number of carbonyl (C=O) groups is 1. The minimum atomic E-state index is -0.0894. The number of aliphatic hydroxyl groups is 1. The largest absolute Gasteiger partial charge is 0.394 e. The fraction of sp³-hybridized carbons (Fsp3) is 0.700. The van der Waals surface area contributed by atoms with Crippen LogP contribution >= 0.6 is 0 Å². The Morgan fingerprint density at radius 2 is 2.35 bits per heavy atom. The molecule has 96 valence electrons. The van der Waals surface area contributed by atoms with Crippen molar-refractivity contribution in [1.82, 2.24) is 15.5 Å². The van der Waals surface area contributed by atoms with Gasteiger partial charge in [0, 0.05) is 19.4 Å². The predicted octanol–water partition coefficient (Wildman–Crippen LogP) is -0.564. The van der Waals surface area contributed by atoms with Crippen LogP contribution in [-0.2, 0) is 16.0 Å². The van der Waals surface area contributed by atoms with Crippen molar-refractivity contribution in [3.05, 3.63) is 11.7 Å². The van der Waals surface area contributed by atoms with Crippen LogP contribution in [0.1, 0.15) is 18.1 Å². The molecule has 1 amide bonds. The number of aliphatic hydroxyl groups excluding tert-OH is 1. The maximum atomic E-state index is 11.3. The zero-order valence-corrected chi connectivity index (χ0v) is 9.81. The van der Waals surface area contributed by atoms with Crippen LogP contribution in [-0.4, -0.2) is 47.5 Å². The number of ether oxygens (including phenoxy) is 1. The van der Waals surface area contributed by atoms with E-state index in [9.17, 15) is 4.79 Å². The standard InChI is InChI=1S/C10H17N3O4/c1-8-12-10(17-13-8)3-2-9(15)11-4-6-16-7-5-14/h14H,2-7H2,1H3,(H,11,15). The molecule has 0 spiro atoms. The Bertz CT molecular complexity index is 340. The van der Waals surface area contributed by atoms with E-state index in [0.717, 1.165) is 0 Å². The second kappa shape index (κ2) is 7.75. The van der Waals surface area contributed by atoms with Crippen LogP contribution in [0.5, 0.6) is 0 Å². The van der Waals surface area contributed by atoms with E-state index >= 15 is 0 Å². The lowest BCUT2D eigenvalue weighted by atomic mass is 10.3. The molecule has 0 saturated heterocycles. The van der Waals surface area contributed by atoms with Gasteiger partial charge in [-0.15, -0.1) is 0 Å². The Morgan fingerprint density at radius 1 is 1.53 bits per heavy atom. The van der Waals surface area contributed by atoms with E-state index < -0.39 is 0 Å². The first-order chi connectivity index (χ1) is 8.22. The number of aromatic nitrogens is 2. The maximum absolute atomic E-state index is 11.3. The van der Waals surface area contributed by atoms with Gasteiger partial charge in [-0.1, -0.05) is 5.16 Å². The minimum absolute atomic E-state index is 0.00946. The highest BCUT2D eigenvalue weighted by Crippen LogP contribution is 1.99. The molecule has 0 fully saturated rings. The number of aryl methyl sites for hydroxylation is 2. The number of nitrogens with zero attached hydrogens (tertiary/aromatic N) is 2. The van der Waals surface area contributed by atoms with Crippen molar-refractivity contribution in [2.24, 2.45) is 0 Å². The minimum Gasteiger partial charge on any atom is -0.394 e.